The summed E-state index contributed by atoms with van der Waals surface area (Å²) in [4.78, 5) is 0. The topological polar surface area (TPSA) is 30.5 Å². The van der Waals surface area contributed by atoms with Gasteiger partial charge in [-0.3, -0.25) is 0 Å². The zero-order chi connectivity index (χ0) is 15.1. The Morgan fingerprint density at radius 3 is 2.67 bits per heavy atom. The van der Waals surface area contributed by atoms with Crippen LogP contribution in [0.2, 0.25) is 0 Å². The van der Waals surface area contributed by atoms with Crippen molar-refractivity contribution < 1.29 is 22.6 Å². The SMILES string of the molecule is FC(F)(F)Oc1ccccc1CNCCCOCC1CC1. The quantitative estimate of drug-likeness (QED) is 0.708. The van der Waals surface area contributed by atoms with E-state index in [1.807, 2.05) is 0 Å². The average Bonchev–Trinajstić information content (AvgIpc) is 3.22. The lowest BCUT2D eigenvalue weighted by Gasteiger charge is -2.13. The monoisotopic (exact) mass is 303 g/mol. The summed E-state index contributed by atoms with van der Waals surface area (Å²) < 4.78 is 46.3. The summed E-state index contributed by atoms with van der Waals surface area (Å²) in [5.41, 5.74) is 0.494. The van der Waals surface area contributed by atoms with Crippen molar-refractivity contribution in [2.75, 3.05) is 19.8 Å². The van der Waals surface area contributed by atoms with Gasteiger partial charge in [-0.25, -0.2) is 0 Å². The smallest absolute Gasteiger partial charge is 0.405 e. The van der Waals surface area contributed by atoms with Gasteiger partial charge in [0.05, 0.1) is 0 Å². The first-order valence-corrected chi connectivity index (χ1v) is 7.17. The standard InChI is InChI=1S/C15H20F3NO2/c16-15(17,18)21-14-5-2-1-4-13(14)10-19-8-3-9-20-11-12-6-7-12/h1-2,4-5,12,19H,3,6-11H2. The molecule has 0 aromatic heterocycles. The molecule has 0 unspecified atom stereocenters. The third-order valence-electron chi connectivity index (χ3n) is 3.21. The summed E-state index contributed by atoms with van der Waals surface area (Å²) >= 11 is 0. The van der Waals surface area contributed by atoms with Gasteiger partial charge in [-0.15, -0.1) is 13.2 Å². The highest BCUT2D eigenvalue weighted by Gasteiger charge is 2.31. The highest BCUT2D eigenvalue weighted by Crippen LogP contribution is 2.28. The van der Waals surface area contributed by atoms with Crippen molar-refractivity contribution in [3.8, 4) is 5.75 Å². The Bertz CT molecular complexity index is 433. The first-order chi connectivity index (χ1) is 10.0. The minimum atomic E-state index is -4.66. The Morgan fingerprint density at radius 2 is 1.95 bits per heavy atom. The molecule has 118 valence electrons. The van der Waals surface area contributed by atoms with Crippen LogP contribution in [-0.2, 0) is 11.3 Å². The molecule has 0 amide bonds. The molecule has 2 rings (SSSR count). The van der Waals surface area contributed by atoms with E-state index in [0.29, 0.717) is 25.3 Å². The van der Waals surface area contributed by atoms with E-state index in [0.717, 1.165) is 18.9 Å². The average molecular weight is 303 g/mol. The van der Waals surface area contributed by atoms with E-state index in [1.54, 1.807) is 12.1 Å². The highest BCUT2D eigenvalue weighted by atomic mass is 19.4. The second-order valence-corrected chi connectivity index (χ2v) is 5.20. The first-order valence-electron chi connectivity index (χ1n) is 7.17. The number of nitrogens with one attached hydrogen (secondary N) is 1. The van der Waals surface area contributed by atoms with E-state index in [1.165, 1.54) is 25.0 Å². The molecule has 1 aliphatic carbocycles. The Kier molecular flexibility index (Phi) is 5.87. The molecule has 1 aromatic carbocycles. The molecule has 3 nitrogen and oxygen atoms in total. The number of para-hydroxylation sites is 1. The van der Waals surface area contributed by atoms with Gasteiger partial charge in [-0.05, 0) is 37.8 Å². The molecule has 1 aromatic rings. The molecular formula is C15H20F3NO2. The molecule has 0 radical (unpaired) electrons. The molecule has 0 bridgehead atoms. The summed E-state index contributed by atoms with van der Waals surface area (Å²) in [6.07, 6.45) is -1.27. The number of hydrogen-bond donors (Lipinski definition) is 1. The first kappa shape index (κ1) is 16.1. The van der Waals surface area contributed by atoms with E-state index in [-0.39, 0.29) is 5.75 Å². The molecule has 0 spiro atoms. The largest absolute Gasteiger partial charge is 0.573 e. The summed E-state index contributed by atoms with van der Waals surface area (Å²) in [7, 11) is 0. The van der Waals surface area contributed by atoms with E-state index < -0.39 is 6.36 Å². The third kappa shape index (κ3) is 6.82. The maximum absolute atomic E-state index is 12.3. The van der Waals surface area contributed by atoms with E-state index in [9.17, 15) is 13.2 Å². The Hall–Kier alpha value is -1.27. The zero-order valence-corrected chi connectivity index (χ0v) is 11.8. The van der Waals surface area contributed by atoms with Crippen LogP contribution < -0.4 is 10.1 Å². The number of benzene rings is 1. The van der Waals surface area contributed by atoms with Crippen molar-refractivity contribution in [2.24, 2.45) is 5.92 Å². The number of hydrogen-bond acceptors (Lipinski definition) is 3. The molecule has 1 aliphatic rings. The number of rotatable bonds is 9. The van der Waals surface area contributed by atoms with Crippen LogP contribution in [0.4, 0.5) is 13.2 Å². The summed E-state index contributed by atoms with van der Waals surface area (Å²) in [6.45, 7) is 2.56. The molecule has 6 heteroatoms. The minimum absolute atomic E-state index is 0.150. The fourth-order valence-corrected chi connectivity index (χ4v) is 1.93. The van der Waals surface area contributed by atoms with Gasteiger partial charge in [0.2, 0.25) is 0 Å². The van der Waals surface area contributed by atoms with Crippen LogP contribution in [0.3, 0.4) is 0 Å². The van der Waals surface area contributed by atoms with Crippen molar-refractivity contribution in [1.82, 2.24) is 5.32 Å². The van der Waals surface area contributed by atoms with Gasteiger partial charge in [-0.1, -0.05) is 18.2 Å². The maximum Gasteiger partial charge on any atom is 0.573 e. The van der Waals surface area contributed by atoms with Gasteiger partial charge >= 0.3 is 6.36 Å². The second-order valence-electron chi connectivity index (χ2n) is 5.20. The van der Waals surface area contributed by atoms with Crippen molar-refractivity contribution in [3.05, 3.63) is 29.8 Å². The van der Waals surface area contributed by atoms with Gasteiger partial charge in [0.15, 0.2) is 0 Å². The van der Waals surface area contributed by atoms with Crippen LogP contribution in [0.1, 0.15) is 24.8 Å². The van der Waals surface area contributed by atoms with Gasteiger partial charge in [0.25, 0.3) is 0 Å². The molecule has 1 fully saturated rings. The fourth-order valence-electron chi connectivity index (χ4n) is 1.93. The highest BCUT2D eigenvalue weighted by molar-refractivity contribution is 5.33. The molecule has 1 N–H and O–H groups in total. The zero-order valence-electron chi connectivity index (χ0n) is 11.8. The lowest BCUT2D eigenvalue weighted by Crippen LogP contribution is -2.21. The van der Waals surface area contributed by atoms with Crippen molar-refractivity contribution in [1.29, 1.82) is 0 Å². The molecular weight excluding hydrogens is 283 g/mol. The Morgan fingerprint density at radius 1 is 1.19 bits per heavy atom. The van der Waals surface area contributed by atoms with Crippen LogP contribution in [-0.4, -0.2) is 26.1 Å². The van der Waals surface area contributed by atoms with Crippen molar-refractivity contribution >= 4 is 0 Å². The third-order valence-corrected chi connectivity index (χ3v) is 3.21. The van der Waals surface area contributed by atoms with Crippen LogP contribution in [0.25, 0.3) is 0 Å². The van der Waals surface area contributed by atoms with Gasteiger partial charge in [0, 0.05) is 25.3 Å². The second kappa shape index (κ2) is 7.66. The number of halogens is 3. The molecule has 0 saturated heterocycles. The number of ether oxygens (including phenoxy) is 2. The molecule has 0 heterocycles. The molecule has 21 heavy (non-hydrogen) atoms. The normalized spacial score (nSPS) is 15.2. The fraction of sp³-hybridized carbons (Fsp3) is 0.600. The lowest BCUT2D eigenvalue weighted by molar-refractivity contribution is -0.274. The summed E-state index contributed by atoms with van der Waals surface area (Å²) in [5, 5.41) is 3.10. The molecule has 1 saturated carbocycles. The van der Waals surface area contributed by atoms with E-state index in [4.69, 9.17) is 4.74 Å². The lowest BCUT2D eigenvalue weighted by atomic mass is 10.2. The molecule has 0 atom stereocenters. The van der Waals surface area contributed by atoms with Crippen LogP contribution in [0.5, 0.6) is 5.75 Å². The summed E-state index contributed by atoms with van der Waals surface area (Å²) in [6, 6.07) is 6.16. The van der Waals surface area contributed by atoms with Crippen LogP contribution >= 0.6 is 0 Å². The van der Waals surface area contributed by atoms with E-state index >= 15 is 0 Å². The van der Waals surface area contributed by atoms with Gasteiger partial charge in [-0.2, -0.15) is 0 Å². The Labute approximate surface area is 122 Å². The maximum atomic E-state index is 12.3. The predicted octanol–water partition coefficient (Wildman–Crippen LogP) is 3.49. The van der Waals surface area contributed by atoms with Crippen LogP contribution in [0, 0.1) is 5.92 Å². The Balaban J connectivity index is 1.64. The predicted molar refractivity (Wildman–Crippen MR) is 73.0 cm³/mol. The van der Waals surface area contributed by atoms with Crippen LogP contribution in [0.15, 0.2) is 24.3 Å². The van der Waals surface area contributed by atoms with Crippen molar-refractivity contribution in [2.45, 2.75) is 32.2 Å². The summed E-state index contributed by atoms with van der Waals surface area (Å²) in [5.74, 6) is 0.604. The molecule has 0 aliphatic heterocycles. The number of alkyl halides is 3. The van der Waals surface area contributed by atoms with Gasteiger partial charge < -0.3 is 14.8 Å². The van der Waals surface area contributed by atoms with Gasteiger partial charge in [0.1, 0.15) is 5.75 Å². The minimum Gasteiger partial charge on any atom is -0.405 e. The van der Waals surface area contributed by atoms with E-state index in [2.05, 4.69) is 10.1 Å². The van der Waals surface area contributed by atoms with Crippen molar-refractivity contribution in [3.63, 3.8) is 0 Å².